The van der Waals surface area contributed by atoms with Gasteiger partial charge in [0.2, 0.25) is 5.91 Å². The highest BCUT2D eigenvalue weighted by atomic mass is 19.3. The Kier molecular flexibility index (Phi) is 6.45. The molecular weight excluding hydrogens is 244 g/mol. The first-order valence-electron chi connectivity index (χ1n) is 6.17. The second-order valence-electron chi connectivity index (χ2n) is 4.57. The highest BCUT2D eigenvalue weighted by molar-refractivity contribution is 5.78. The third kappa shape index (κ3) is 5.24. The van der Waals surface area contributed by atoms with E-state index in [1.807, 2.05) is 4.90 Å². The molecule has 0 aromatic heterocycles. The van der Waals surface area contributed by atoms with Gasteiger partial charge in [0.1, 0.15) is 0 Å². The summed E-state index contributed by atoms with van der Waals surface area (Å²) in [5.41, 5.74) is 5.75. The molecule has 1 rings (SSSR count). The largest absolute Gasteiger partial charge is 0.395 e. The maximum absolute atomic E-state index is 12.3. The molecule has 1 aliphatic heterocycles. The molecule has 1 heterocycles. The zero-order chi connectivity index (χ0) is 13.5. The zero-order valence-electron chi connectivity index (χ0n) is 10.4. The average molecular weight is 265 g/mol. The lowest BCUT2D eigenvalue weighted by Gasteiger charge is -2.31. The Morgan fingerprint density at radius 3 is 2.56 bits per heavy atom. The average Bonchev–Trinajstić information content (AvgIpc) is 2.31. The van der Waals surface area contributed by atoms with Crippen molar-refractivity contribution >= 4 is 5.91 Å². The fraction of sp³-hybridized carbons (Fsp3) is 0.909. The second-order valence-corrected chi connectivity index (χ2v) is 4.57. The zero-order valence-corrected chi connectivity index (χ0v) is 10.4. The summed E-state index contributed by atoms with van der Waals surface area (Å²) in [6.45, 7) is 0.592. The summed E-state index contributed by atoms with van der Waals surface area (Å²) >= 11 is 0. The number of amides is 1. The number of aliphatic hydroxyl groups excluding tert-OH is 1. The highest BCUT2D eigenvalue weighted by Crippen LogP contribution is 2.08. The second kappa shape index (κ2) is 7.60. The Hall–Kier alpha value is -0.790. The molecule has 0 atom stereocenters. The predicted octanol–water partition coefficient (Wildman–Crippen LogP) is -0.504. The fourth-order valence-electron chi connectivity index (χ4n) is 2.01. The number of alkyl halides is 2. The molecule has 5 nitrogen and oxygen atoms in total. The van der Waals surface area contributed by atoms with Crippen molar-refractivity contribution in [2.75, 3.05) is 39.3 Å². The topological polar surface area (TPSA) is 69.8 Å². The van der Waals surface area contributed by atoms with Gasteiger partial charge in [-0.3, -0.25) is 9.69 Å². The number of carbonyl (C=O) groups excluding carboxylic acids is 1. The smallest absolute Gasteiger partial charge is 0.255 e. The van der Waals surface area contributed by atoms with Gasteiger partial charge in [0, 0.05) is 25.7 Å². The number of halogens is 2. The molecule has 1 fully saturated rings. The van der Waals surface area contributed by atoms with Crippen molar-refractivity contribution in [3.05, 3.63) is 0 Å². The van der Waals surface area contributed by atoms with Crippen LogP contribution >= 0.6 is 0 Å². The van der Waals surface area contributed by atoms with Crippen LogP contribution in [0.2, 0.25) is 0 Å². The standard InChI is InChI=1S/C11H21F2N3O2/c12-10(13)7-16(5-6-17)11(18)8-15-3-1-9(14)2-4-15/h9-10,17H,1-8,14H2. The molecule has 0 spiro atoms. The summed E-state index contributed by atoms with van der Waals surface area (Å²) in [6, 6.07) is 0.172. The van der Waals surface area contributed by atoms with E-state index < -0.39 is 13.0 Å². The van der Waals surface area contributed by atoms with E-state index in [0.29, 0.717) is 13.1 Å². The van der Waals surface area contributed by atoms with Crippen LogP contribution in [0, 0.1) is 0 Å². The molecule has 0 bridgehead atoms. The summed E-state index contributed by atoms with van der Waals surface area (Å²) in [6.07, 6.45) is -0.931. The number of nitrogens with zero attached hydrogens (tertiary/aromatic N) is 2. The van der Waals surface area contributed by atoms with Crippen molar-refractivity contribution in [1.29, 1.82) is 0 Å². The molecule has 1 saturated heterocycles. The first-order chi connectivity index (χ1) is 8.52. The summed E-state index contributed by atoms with van der Waals surface area (Å²) < 4.78 is 24.6. The molecule has 18 heavy (non-hydrogen) atoms. The Balaban J connectivity index is 2.40. The number of nitrogens with two attached hydrogens (primary N) is 1. The van der Waals surface area contributed by atoms with E-state index in [9.17, 15) is 13.6 Å². The Labute approximate surface area is 106 Å². The van der Waals surface area contributed by atoms with Crippen LogP contribution in [-0.4, -0.2) is 72.6 Å². The molecule has 0 aromatic carbocycles. The lowest BCUT2D eigenvalue weighted by Crippen LogP contribution is -2.47. The van der Waals surface area contributed by atoms with Crippen molar-refractivity contribution in [1.82, 2.24) is 9.80 Å². The number of carbonyl (C=O) groups is 1. The van der Waals surface area contributed by atoms with Crippen molar-refractivity contribution < 1.29 is 18.7 Å². The third-order valence-corrected chi connectivity index (χ3v) is 3.07. The van der Waals surface area contributed by atoms with Gasteiger partial charge in [0.05, 0.1) is 19.7 Å². The lowest BCUT2D eigenvalue weighted by atomic mass is 10.1. The van der Waals surface area contributed by atoms with Crippen molar-refractivity contribution in [2.24, 2.45) is 5.73 Å². The Morgan fingerprint density at radius 1 is 1.44 bits per heavy atom. The molecule has 3 N–H and O–H groups in total. The lowest BCUT2D eigenvalue weighted by molar-refractivity contribution is -0.135. The number of likely N-dealkylation sites (tertiary alicyclic amines) is 1. The van der Waals surface area contributed by atoms with E-state index in [4.69, 9.17) is 10.8 Å². The number of hydrogen-bond acceptors (Lipinski definition) is 4. The molecule has 0 unspecified atom stereocenters. The summed E-state index contributed by atoms with van der Waals surface area (Å²) in [5.74, 6) is -0.361. The predicted molar refractivity (Wildman–Crippen MR) is 63.3 cm³/mol. The molecule has 0 aromatic rings. The van der Waals surface area contributed by atoms with Crippen molar-refractivity contribution in [3.63, 3.8) is 0 Å². The summed E-state index contributed by atoms with van der Waals surface area (Å²) in [4.78, 5) is 14.8. The quantitative estimate of drug-likeness (QED) is 0.679. The molecule has 1 aliphatic rings. The molecule has 106 valence electrons. The van der Waals surface area contributed by atoms with Gasteiger partial charge in [-0.15, -0.1) is 0 Å². The highest BCUT2D eigenvalue weighted by Gasteiger charge is 2.22. The van der Waals surface area contributed by atoms with Crippen LogP contribution in [0.15, 0.2) is 0 Å². The molecule has 0 saturated carbocycles. The van der Waals surface area contributed by atoms with Crippen molar-refractivity contribution in [2.45, 2.75) is 25.3 Å². The monoisotopic (exact) mass is 265 g/mol. The normalized spacial score (nSPS) is 18.3. The number of aliphatic hydroxyl groups is 1. The SMILES string of the molecule is NC1CCN(CC(=O)N(CCO)CC(F)F)CC1. The molecule has 1 amide bonds. The summed E-state index contributed by atoms with van der Waals surface area (Å²) in [5, 5.41) is 8.77. The Morgan fingerprint density at radius 2 is 2.06 bits per heavy atom. The first-order valence-corrected chi connectivity index (χ1v) is 6.17. The van der Waals surface area contributed by atoms with Crippen LogP contribution in [0.3, 0.4) is 0 Å². The van der Waals surface area contributed by atoms with Crippen LogP contribution in [-0.2, 0) is 4.79 Å². The maximum atomic E-state index is 12.3. The minimum Gasteiger partial charge on any atom is -0.395 e. The van der Waals surface area contributed by atoms with Gasteiger partial charge in [-0.2, -0.15) is 0 Å². The van der Waals surface area contributed by atoms with E-state index >= 15 is 0 Å². The van der Waals surface area contributed by atoms with E-state index in [1.165, 1.54) is 0 Å². The minimum absolute atomic E-state index is 0.0451. The first kappa shape index (κ1) is 15.3. The molecule has 0 radical (unpaired) electrons. The van der Waals surface area contributed by atoms with Crippen LogP contribution in [0.25, 0.3) is 0 Å². The van der Waals surface area contributed by atoms with Gasteiger partial charge >= 0.3 is 0 Å². The van der Waals surface area contributed by atoms with E-state index in [0.717, 1.165) is 17.7 Å². The molecule has 7 heteroatoms. The molecule has 0 aliphatic carbocycles. The van der Waals surface area contributed by atoms with E-state index in [2.05, 4.69) is 0 Å². The Bertz CT molecular complexity index is 259. The maximum Gasteiger partial charge on any atom is 0.255 e. The third-order valence-electron chi connectivity index (χ3n) is 3.07. The molecular formula is C11H21F2N3O2. The minimum atomic E-state index is -2.57. The van der Waals surface area contributed by atoms with Gasteiger partial charge in [-0.25, -0.2) is 8.78 Å². The van der Waals surface area contributed by atoms with Gasteiger partial charge in [-0.1, -0.05) is 0 Å². The van der Waals surface area contributed by atoms with Gasteiger partial charge in [-0.05, 0) is 12.8 Å². The van der Waals surface area contributed by atoms with E-state index in [-0.39, 0.29) is 31.6 Å². The number of piperidine rings is 1. The number of rotatable bonds is 6. The van der Waals surface area contributed by atoms with Crippen LogP contribution in [0.1, 0.15) is 12.8 Å². The van der Waals surface area contributed by atoms with Gasteiger partial charge < -0.3 is 15.7 Å². The van der Waals surface area contributed by atoms with Gasteiger partial charge in [0.25, 0.3) is 6.43 Å². The summed E-state index contributed by atoms with van der Waals surface area (Å²) in [7, 11) is 0. The van der Waals surface area contributed by atoms with Crippen molar-refractivity contribution in [3.8, 4) is 0 Å². The van der Waals surface area contributed by atoms with Crippen LogP contribution in [0.4, 0.5) is 8.78 Å². The van der Waals surface area contributed by atoms with E-state index in [1.54, 1.807) is 0 Å². The van der Waals surface area contributed by atoms with Gasteiger partial charge in [0.15, 0.2) is 0 Å². The fourth-order valence-corrected chi connectivity index (χ4v) is 2.01. The van der Waals surface area contributed by atoms with Crippen LogP contribution < -0.4 is 5.73 Å². The number of hydrogen-bond donors (Lipinski definition) is 2. The van der Waals surface area contributed by atoms with Crippen LogP contribution in [0.5, 0.6) is 0 Å².